The number of carbonyl (C=O) groups is 1. The van der Waals surface area contributed by atoms with Gasteiger partial charge in [-0.15, -0.1) is 0 Å². The van der Waals surface area contributed by atoms with E-state index in [4.69, 9.17) is 9.52 Å². The summed E-state index contributed by atoms with van der Waals surface area (Å²) in [5, 5.41) is 9.16. The first kappa shape index (κ1) is 13.5. The number of halogens is 3. The standard InChI is InChI=1S/C11H6F3NO3S/c12-11(13,14)6-1-3-8(15-5-6)19-9-4-2-7(18-9)10(16)17/h1-5H,(H,16,17). The lowest BCUT2D eigenvalue weighted by molar-refractivity contribution is -0.137. The third kappa shape index (κ3) is 3.28. The quantitative estimate of drug-likeness (QED) is 0.936. The van der Waals surface area contributed by atoms with Gasteiger partial charge in [-0.25, -0.2) is 9.78 Å². The molecule has 4 nitrogen and oxygen atoms in total. The van der Waals surface area contributed by atoms with E-state index in [0.29, 0.717) is 6.20 Å². The zero-order valence-corrected chi connectivity index (χ0v) is 9.96. The van der Waals surface area contributed by atoms with E-state index in [1.54, 1.807) is 0 Å². The molecule has 0 aliphatic heterocycles. The van der Waals surface area contributed by atoms with Gasteiger partial charge in [-0.05, 0) is 36.0 Å². The topological polar surface area (TPSA) is 63.3 Å². The van der Waals surface area contributed by atoms with E-state index in [0.717, 1.165) is 17.8 Å². The predicted molar refractivity (Wildman–Crippen MR) is 59.0 cm³/mol. The van der Waals surface area contributed by atoms with Crippen LogP contribution in [0.25, 0.3) is 0 Å². The second kappa shape index (κ2) is 4.96. The molecular weight excluding hydrogens is 283 g/mol. The number of furan rings is 1. The minimum absolute atomic E-state index is 0.240. The fraction of sp³-hybridized carbons (Fsp3) is 0.0909. The largest absolute Gasteiger partial charge is 0.475 e. The van der Waals surface area contributed by atoms with Gasteiger partial charge in [0.2, 0.25) is 5.76 Å². The maximum absolute atomic E-state index is 12.3. The Hall–Kier alpha value is -1.96. The number of aromatic nitrogens is 1. The molecule has 100 valence electrons. The van der Waals surface area contributed by atoms with Gasteiger partial charge in [0.1, 0.15) is 5.03 Å². The summed E-state index contributed by atoms with van der Waals surface area (Å²) < 4.78 is 41.9. The van der Waals surface area contributed by atoms with E-state index in [9.17, 15) is 18.0 Å². The molecule has 8 heteroatoms. The summed E-state index contributed by atoms with van der Waals surface area (Å²) in [7, 11) is 0. The second-order valence-electron chi connectivity index (χ2n) is 3.41. The van der Waals surface area contributed by atoms with Gasteiger partial charge >= 0.3 is 12.1 Å². The summed E-state index contributed by atoms with van der Waals surface area (Å²) in [5.74, 6) is -1.46. The molecule has 0 saturated carbocycles. The Morgan fingerprint density at radius 2 is 2.00 bits per heavy atom. The maximum Gasteiger partial charge on any atom is 0.417 e. The van der Waals surface area contributed by atoms with E-state index in [2.05, 4.69) is 4.98 Å². The van der Waals surface area contributed by atoms with Crippen molar-refractivity contribution < 1.29 is 27.5 Å². The first-order chi connectivity index (χ1) is 8.86. The molecule has 0 aromatic carbocycles. The van der Waals surface area contributed by atoms with Gasteiger partial charge in [-0.3, -0.25) is 0 Å². The van der Waals surface area contributed by atoms with Crippen LogP contribution in [0.5, 0.6) is 0 Å². The van der Waals surface area contributed by atoms with Crippen LogP contribution in [0.3, 0.4) is 0 Å². The van der Waals surface area contributed by atoms with E-state index in [-0.39, 0.29) is 15.9 Å². The number of carboxylic acid groups (broad SMARTS) is 1. The van der Waals surface area contributed by atoms with Gasteiger partial charge in [-0.1, -0.05) is 0 Å². The second-order valence-corrected chi connectivity index (χ2v) is 4.43. The molecule has 1 N–H and O–H groups in total. The Labute approximate surface area is 109 Å². The molecule has 0 amide bonds. The number of hydrogen-bond donors (Lipinski definition) is 1. The van der Waals surface area contributed by atoms with Crippen molar-refractivity contribution in [3.8, 4) is 0 Å². The number of pyridine rings is 1. The molecular formula is C11H6F3NO3S. The van der Waals surface area contributed by atoms with Gasteiger partial charge in [0.25, 0.3) is 0 Å². The molecule has 2 aromatic heterocycles. The molecule has 2 heterocycles. The Morgan fingerprint density at radius 3 is 2.47 bits per heavy atom. The molecule has 0 unspecified atom stereocenters. The Bertz CT molecular complexity index is 592. The monoisotopic (exact) mass is 289 g/mol. The average Bonchev–Trinajstić information content (AvgIpc) is 2.77. The van der Waals surface area contributed by atoms with Crippen LogP contribution in [-0.4, -0.2) is 16.1 Å². The van der Waals surface area contributed by atoms with E-state index < -0.39 is 17.7 Å². The summed E-state index contributed by atoms with van der Waals surface area (Å²) in [6.07, 6.45) is -3.72. The Balaban J connectivity index is 2.13. The molecule has 0 atom stereocenters. The van der Waals surface area contributed by atoms with Crippen LogP contribution >= 0.6 is 11.8 Å². The SMILES string of the molecule is O=C(O)c1ccc(Sc2ccc(C(F)(F)F)cn2)o1. The highest BCUT2D eigenvalue weighted by molar-refractivity contribution is 7.99. The Kier molecular flexibility index (Phi) is 3.52. The zero-order chi connectivity index (χ0) is 14.0. The normalized spacial score (nSPS) is 11.5. The van der Waals surface area contributed by atoms with Crippen LogP contribution in [0.2, 0.25) is 0 Å². The number of alkyl halides is 3. The lowest BCUT2D eigenvalue weighted by Gasteiger charge is -2.05. The molecule has 2 rings (SSSR count). The predicted octanol–water partition coefficient (Wildman–Crippen LogP) is 3.54. The van der Waals surface area contributed by atoms with Crippen LogP contribution < -0.4 is 0 Å². The van der Waals surface area contributed by atoms with E-state index >= 15 is 0 Å². The molecule has 0 aliphatic rings. The van der Waals surface area contributed by atoms with Gasteiger partial charge in [0.05, 0.1) is 5.56 Å². The average molecular weight is 289 g/mol. The highest BCUT2D eigenvalue weighted by Crippen LogP contribution is 2.32. The van der Waals surface area contributed by atoms with Crippen LogP contribution in [0.15, 0.2) is 45.0 Å². The van der Waals surface area contributed by atoms with Gasteiger partial charge < -0.3 is 9.52 Å². The van der Waals surface area contributed by atoms with Crippen molar-refractivity contribution >= 4 is 17.7 Å². The van der Waals surface area contributed by atoms with Crippen molar-refractivity contribution in [3.63, 3.8) is 0 Å². The third-order valence-corrected chi connectivity index (χ3v) is 2.93. The maximum atomic E-state index is 12.3. The lowest BCUT2D eigenvalue weighted by Crippen LogP contribution is -2.04. The van der Waals surface area contributed by atoms with Crippen molar-refractivity contribution in [2.45, 2.75) is 16.3 Å². The molecule has 0 aliphatic carbocycles. The zero-order valence-electron chi connectivity index (χ0n) is 9.14. The summed E-state index contributed by atoms with van der Waals surface area (Å²) in [5.41, 5.74) is -0.845. The van der Waals surface area contributed by atoms with Gasteiger partial charge in [0, 0.05) is 6.20 Å². The molecule has 0 bridgehead atoms. The minimum atomic E-state index is -4.43. The van der Waals surface area contributed by atoms with Crippen molar-refractivity contribution in [1.29, 1.82) is 0 Å². The highest BCUT2D eigenvalue weighted by Gasteiger charge is 2.30. The highest BCUT2D eigenvalue weighted by atomic mass is 32.2. The van der Waals surface area contributed by atoms with Crippen LogP contribution in [0.4, 0.5) is 13.2 Å². The first-order valence-corrected chi connectivity index (χ1v) is 5.72. The molecule has 0 saturated heterocycles. The molecule has 0 radical (unpaired) electrons. The smallest absolute Gasteiger partial charge is 0.417 e. The lowest BCUT2D eigenvalue weighted by atomic mass is 10.3. The summed E-state index contributed by atoms with van der Waals surface area (Å²) >= 11 is 0.937. The number of nitrogens with zero attached hydrogens (tertiary/aromatic N) is 1. The molecule has 0 spiro atoms. The van der Waals surface area contributed by atoms with Crippen molar-refractivity contribution in [3.05, 3.63) is 41.8 Å². The Morgan fingerprint density at radius 1 is 1.26 bits per heavy atom. The number of aromatic carboxylic acids is 1. The summed E-state index contributed by atoms with van der Waals surface area (Å²) in [6.45, 7) is 0. The van der Waals surface area contributed by atoms with Crippen molar-refractivity contribution in [2.24, 2.45) is 0 Å². The van der Waals surface area contributed by atoms with Gasteiger partial charge in [-0.2, -0.15) is 13.2 Å². The van der Waals surface area contributed by atoms with Gasteiger partial charge in [0.15, 0.2) is 5.09 Å². The molecule has 19 heavy (non-hydrogen) atoms. The van der Waals surface area contributed by atoms with E-state index in [1.165, 1.54) is 18.2 Å². The number of carboxylic acids is 1. The molecule has 2 aromatic rings. The van der Waals surface area contributed by atoms with E-state index in [1.807, 2.05) is 0 Å². The van der Waals surface area contributed by atoms with Crippen molar-refractivity contribution in [2.75, 3.05) is 0 Å². The summed E-state index contributed by atoms with van der Waals surface area (Å²) in [4.78, 5) is 14.2. The third-order valence-electron chi connectivity index (χ3n) is 2.06. The van der Waals surface area contributed by atoms with Crippen LogP contribution in [0, 0.1) is 0 Å². The van der Waals surface area contributed by atoms with Crippen LogP contribution in [0.1, 0.15) is 16.1 Å². The first-order valence-electron chi connectivity index (χ1n) is 4.90. The minimum Gasteiger partial charge on any atom is -0.475 e. The van der Waals surface area contributed by atoms with Crippen LogP contribution in [-0.2, 0) is 6.18 Å². The number of hydrogen-bond acceptors (Lipinski definition) is 4. The number of rotatable bonds is 3. The fourth-order valence-electron chi connectivity index (χ4n) is 1.20. The fourth-order valence-corrected chi connectivity index (χ4v) is 1.92. The van der Waals surface area contributed by atoms with Crippen molar-refractivity contribution in [1.82, 2.24) is 4.98 Å². The molecule has 0 fully saturated rings. The summed E-state index contributed by atoms with van der Waals surface area (Å²) in [6, 6.07) is 4.76.